The summed E-state index contributed by atoms with van der Waals surface area (Å²) in [7, 11) is -4.49. The van der Waals surface area contributed by atoms with Crippen molar-refractivity contribution in [3.8, 4) is 0 Å². The molecule has 0 aromatic heterocycles. The van der Waals surface area contributed by atoms with Crippen LogP contribution in [-0.4, -0.2) is 47.4 Å². The quantitative estimate of drug-likeness (QED) is 0.372. The van der Waals surface area contributed by atoms with Crippen LogP contribution in [0.5, 0.6) is 0 Å². The van der Waals surface area contributed by atoms with Gasteiger partial charge in [-0.3, -0.25) is 4.52 Å². The molecule has 0 amide bonds. The van der Waals surface area contributed by atoms with E-state index >= 15 is 0 Å². The fourth-order valence-electron chi connectivity index (χ4n) is 5.58. The van der Waals surface area contributed by atoms with Crippen LogP contribution in [0.1, 0.15) is 80.4 Å². The Kier molecular flexibility index (Phi) is 8.10. The fourth-order valence-corrected chi connectivity index (χ4v) is 6.01. The molecule has 1 aromatic carbocycles. The topological polar surface area (TPSA) is 111 Å². The summed E-state index contributed by atoms with van der Waals surface area (Å²) >= 11 is 0. The third kappa shape index (κ3) is 6.86. The number of benzene rings is 1. The van der Waals surface area contributed by atoms with Gasteiger partial charge in [-0.1, -0.05) is 37.5 Å². The molecule has 0 unspecified atom stereocenters. The number of fused-ring (bicyclic) bond motifs is 1. The smallest absolute Gasteiger partial charge is 0.376 e. The summed E-state index contributed by atoms with van der Waals surface area (Å²) in [6.45, 7) is 1.26. The van der Waals surface area contributed by atoms with Gasteiger partial charge in [-0.25, -0.2) is 4.57 Å². The highest BCUT2D eigenvalue weighted by molar-refractivity contribution is 7.46. The monoisotopic (exact) mass is 467 g/mol. The Labute approximate surface area is 191 Å². The van der Waals surface area contributed by atoms with Crippen LogP contribution in [0.25, 0.3) is 0 Å². The van der Waals surface area contributed by atoms with Crippen LogP contribution in [0.15, 0.2) is 18.2 Å². The van der Waals surface area contributed by atoms with E-state index in [9.17, 15) is 4.57 Å². The highest BCUT2D eigenvalue weighted by Gasteiger charge is 2.38. The molecule has 0 radical (unpaired) electrons. The standard InChI is InChI=1S/C24H38NO6P/c25-24(17-31-32(26,27)28)11-10-21(16-24)19-6-7-20-15-23(9-8-18(20)14-19)30-13-12-29-22-4-2-1-3-5-22/h6-7,14,21-23H,1-5,8-13,15-17,25H2,(H2,26,27,28)/t21-,23+,24+/m1/s1. The van der Waals surface area contributed by atoms with Crippen molar-refractivity contribution in [2.24, 2.45) is 5.73 Å². The van der Waals surface area contributed by atoms with Crippen LogP contribution in [0.2, 0.25) is 0 Å². The normalized spacial score (nSPS) is 29.2. The number of phosphoric ester groups is 1. The Morgan fingerprint density at radius 2 is 1.75 bits per heavy atom. The van der Waals surface area contributed by atoms with Crippen LogP contribution in [0, 0.1) is 0 Å². The molecular weight excluding hydrogens is 429 g/mol. The first-order valence-electron chi connectivity index (χ1n) is 12.1. The van der Waals surface area contributed by atoms with Crippen molar-refractivity contribution in [2.75, 3.05) is 19.8 Å². The third-order valence-corrected chi connectivity index (χ3v) is 7.86. The summed E-state index contributed by atoms with van der Waals surface area (Å²) in [6.07, 6.45) is 12.3. The molecule has 0 heterocycles. The number of hydrogen-bond acceptors (Lipinski definition) is 5. The third-order valence-electron chi connectivity index (χ3n) is 7.39. The van der Waals surface area contributed by atoms with Gasteiger partial charge in [-0.05, 0) is 74.0 Å². The zero-order valence-corrected chi connectivity index (χ0v) is 19.8. The minimum atomic E-state index is -4.49. The summed E-state index contributed by atoms with van der Waals surface area (Å²) < 4.78 is 27.8. The van der Waals surface area contributed by atoms with Crippen molar-refractivity contribution in [1.29, 1.82) is 0 Å². The summed E-state index contributed by atoms with van der Waals surface area (Å²) in [5, 5.41) is 0. The van der Waals surface area contributed by atoms with Gasteiger partial charge < -0.3 is 25.0 Å². The number of nitrogens with two attached hydrogens (primary N) is 1. The van der Waals surface area contributed by atoms with Crippen molar-refractivity contribution < 1.29 is 28.3 Å². The van der Waals surface area contributed by atoms with Gasteiger partial charge in [0.2, 0.25) is 0 Å². The Hall–Kier alpha value is -0.790. The van der Waals surface area contributed by atoms with Crippen LogP contribution >= 0.6 is 7.82 Å². The van der Waals surface area contributed by atoms with E-state index in [4.69, 9.17) is 29.5 Å². The average Bonchev–Trinajstić information content (AvgIpc) is 3.18. The molecule has 2 saturated carbocycles. The highest BCUT2D eigenvalue weighted by atomic mass is 31.2. The largest absolute Gasteiger partial charge is 0.469 e. The van der Waals surface area contributed by atoms with E-state index in [0.29, 0.717) is 38.1 Å². The SMILES string of the molecule is N[C@@]1(COP(=O)(O)O)CC[C@@H](c2ccc3c(c2)CC[C@H](OCCOC2CCCCC2)C3)C1. The second-order valence-electron chi connectivity index (χ2n) is 9.96. The molecule has 2 fully saturated rings. The molecule has 180 valence electrons. The number of hydrogen-bond donors (Lipinski definition) is 3. The van der Waals surface area contributed by atoms with E-state index in [1.54, 1.807) is 0 Å². The minimum absolute atomic E-state index is 0.109. The number of aryl methyl sites for hydroxylation is 1. The van der Waals surface area contributed by atoms with Gasteiger partial charge in [-0.15, -0.1) is 0 Å². The van der Waals surface area contributed by atoms with Crippen LogP contribution < -0.4 is 5.73 Å². The lowest BCUT2D eigenvalue weighted by molar-refractivity contribution is -0.0346. The van der Waals surface area contributed by atoms with Gasteiger partial charge in [0.25, 0.3) is 0 Å². The first-order valence-corrected chi connectivity index (χ1v) is 13.7. The van der Waals surface area contributed by atoms with Crippen molar-refractivity contribution in [3.05, 3.63) is 34.9 Å². The summed E-state index contributed by atoms with van der Waals surface area (Å²) in [6, 6.07) is 6.72. The van der Waals surface area contributed by atoms with Gasteiger partial charge in [0.1, 0.15) is 0 Å². The van der Waals surface area contributed by atoms with Gasteiger partial charge in [0.15, 0.2) is 0 Å². The molecule has 7 nitrogen and oxygen atoms in total. The number of phosphoric acid groups is 1. The summed E-state index contributed by atoms with van der Waals surface area (Å²) in [5.74, 6) is 0.302. The molecule has 0 spiro atoms. The van der Waals surface area contributed by atoms with Crippen LogP contribution in [0.4, 0.5) is 0 Å². The van der Waals surface area contributed by atoms with E-state index in [1.807, 2.05) is 0 Å². The molecule has 3 aliphatic carbocycles. The highest BCUT2D eigenvalue weighted by Crippen LogP contribution is 2.44. The summed E-state index contributed by atoms with van der Waals surface area (Å²) in [5.41, 5.74) is 9.70. The maximum absolute atomic E-state index is 11.0. The maximum atomic E-state index is 11.0. The van der Waals surface area contributed by atoms with E-state index in [0.717, 1.165) is 25.7 Å². The van der Waals surface area contributed by atoms with Crippen molar-refractivity contribution in [2.45, 2.75) is 94.3 Å². The molecule has 0 aliphatic heterocycles. The molecule has 8 heteroatoms. The lowest BCUT2D eigenvalue weighted by atomic mass is 9.85. The maximum Gasteiger partial charge on any atom is 0.469 e. The Morgan fingerprint density at radius 1 is 1.00 bits per heavy atom. The van der Waals surface area contributed by atoms with Gasteiger partial charge in [-0.2, -0.15) is 0 Å². The molecule has 32 heavy (non-hydrogen) atoms. The minimum Gasteiger partial charge on any atom is -0.376 e. The molecule has 4 N–H and O–H groups in total. The zero-order chi connectivity index (χ0) is 22.6. The molecule has 0 bridgehead atoms. The molecular formula is C24H38NO6P. The second-order valence-corrected chi connectivity index (χ2v) is 11.2. The lowest BCUT2D eigenvalue weighted by Crippen LogP contribution is -2.41. The van der Waals surface area contributed by atoms with Gasteiger partial charge in [0.05, 0.1) is 32.0 Å². The van der Waals surface area contributed by atoms with Crippen LogP contribution in [0.3, 0.4) is 0 Å². The Balaban J connectivity index is 1.24. The van der Waals surface area contributed by atoms with Gasteiger partial charge in [0, 0.05) is 5.54 Å². The zero-order valence-electron chi connectivity index (χ0n) is 18.9. The molecule has 0 saturated heterocycles. The van der Waals surface area contributed by atoms with Crippen molar-refractivity contribution in [1.82, 2.24) is 0 Å². The number of rotatable bonds is 9. The van der Waals surface area contributed by atoms with Crippen molar-refractivity contribution in [3.63, 3.8) is 0 Å². The number of ether oxygens (including phenoxy) is 2. The summed E-state index contributed by atoms with van der Waals surface area (Å²) in [4.78, 5) is 17.9. The van der Waals surface area contributed by atoms with Gasteiger partial charge >= 0.3 is 7.82 Å². The first-order chi connectivity index (χ1) is 15.3. The average molecular weight is 468 g/mol. The van der Waals surface area contributed by atoms with E-state index in [2.05, 4.69) is 18.2 Å². The molecule has 4 rings (SSSR count). The van der Waals surface area contributed by atoms with E-state index in [1.165, 1.54) is 48.8 Å². The molecule has 1 aromatic rings. The molecule has 3 atom stereocenters. The molecule has 3 aliphatic rings. The van der Waals surface area contributed by atoms with E-state index < -0.39 is 13.4 Å². The fraction of sp³-hybridized carbons (Fsp3) is 0.750. The van der Waals surface area contributed by atoms with E-state index in [-0.39, 0.29) is 12.7 Å². The van der Waals surface area contributed by atoms with Crippen LogP contribution in [-0.2, 0) is 31.4 Å². The first kappa shape index (κ1) is 24.3. The predicted molar refractivity (Wildman–Crippen MR) is 123 cm³/mol. The predicted octanol–water partition coefficient (Wildman–Crippen LogP) is 3.98. The Bertz CT molecular complexity index is 808. The van der Waals surface area contributed by atoms with Crippen molar-refractivity contribution >= 4 is 7.82 Å². The Morgan fingerprint density at radius 3 is 2.50 bits per heavy atom. The lowest BCUT2D eigenvalue weighted by Gasteiger charge is -2.27. The second kappa shape index (κ2) is 10.6.